The van der Waals surface area contributed by atoms with Crippen LogP contribution in [0.2, 0.25) is 0 Å². The number of nitrogens with zero attached hydrogens (tertiary/aromatic N) is 2. The summed E-state index contributed by atoms with van der Waals surface area (Å²) in [7, 11) is 0. The molecule has 1 aromatic carbocycles. The van der Waals surface area contributed by atoms with Gasteiger partial charge >= 0.3 is 0 Å². The highest BCUT2D eigenvalue weighted by Crippen LogP contribution is 2.13. The molecule has 0 aliphatic heterocycles. The molecule has 2 N–H and O–H groups in total. The number of aliphatic hydroxyl groups excluding tert-OH is 1. The van der Waals surface area contributed by atoms with E-state index >= 15 is 0 Å². The summed E-state index contributed by atoms with van der Waals surface area (Å²) in [6.07, 6.45) is -0.770. The van der Waals surface area contributed by atoms with Gasteiger partial charge in [-0.2, -0.15) is 4.98 Å². The molecule has 96 valence electrons. The number of hydrogen-bond acceptors (Lipinski definition) is 5. The third kappa shape index (κ3) is 3.35. The second-order valence-corrected chi connectivity index (χ2v) is 3.93. The first-order valence-electron chi connectivity index (χ1n) is 5.58. The van der Waals surface area contributed by atoms with Gasteiger partial charge in [-0.05, 0) is 17.7 Å². The van der Waals surface area contributed by atoms with Gasteiger partial charge in [0.1, 0.15) is 5.82 Å². The summed E-state index contributed by atoms with van der Waals surface area (Å²) < 4.78 is 17.8. The zero-order chi connectivity index (χ0) is 13.0. The van der Waals surface area contributed by atoms with Crippen molar-refractivity contribution in [3.63, 3.8) is 0 Å². The molecule has 1 unspecified atom stereocenters. The van der Waals surface area contributed by atoms with Gasteiger partial charge in [0, 0.05) is 13.5 Å². The van der Waals surface area contributed by atoms with E-state index in [1.54, 1.807) is 19.1 Å². The molecule has 0 saturated carbocycles. The third-order valence-electron chi connectivity index (χ3n) is 2.42. The van der Waals surface area contributed by atoms with Gasteiger partial charge in [0.15, 0.2) is 5.82 Å². The van der Waals surface area contributed by atoms with E-state index in [1.165, 1.54) is 12.1 Å². The number of nitrogens with one attached hydrogen (secondary N) is 1. The van der Waals surface area contributed by atoms with Crippen LogP contribution in [0.3, 0.4) is 0 Å². The molecular formula is C12H14FN3O2. The number of aliphatic hydroxyl groups is 1. The summed E-state index contributed by atoms with van der Waals surface area (Å²) in [5, 5.41) is 16.5. The highest BCUT2D eigenvalue weighted by atomic mass is 19.1. The predicted octanol–water partition coefficient (Wildman–Crippen LogP) is 1.34. The molecule has 0 fully saturated rings. The van der Waals surface area contributed by atoms with Crippen LogP contribution in [0, 0.1) is 12.7 Å². The molecule has 0 spiro atoms. The summed E-state index contributed by atoms with van der Waals surface area (Å²) in [4.78, 5) is 4.01. The molecule has 1 heterocycles. The lowest BCUT2D eigenvalue weighted by Gasteiger charge is -2.11. The molecular weight excluding hydrogens is 237 g/mol. The lowest BCUT2D eigenvalue weighted by atomic mass is 10.1. The zero-order valence-corrected chi connectivity index (χ0v) is 9.93. The Labute approximate surface area is 104 Å². The molecule has 1 atom stereocenters. The Morgan fingerprint density at radius 3 is 3.00 bits per heavy atom. The Kier molecular flexibility index (Phi) is 4.01. The van der Waals surface area contributed by atoms with Crippen molar-refractivity contribution in [3.05, 3.63) is 47.4 Å². The van der Waals surface area contributed by atoms with Crippen molar-refractivity contribution in [1.82, 2.24) is 15.5 Å². The fraction of sp³-hybridized carbons (Fsp3) is 0.333. The van der Waals surface area contributed by atoms with Crippen molar-refractivity contribution < 1.29 is 14.0 Å². The first kappa shape index (κ1) is 12.7. The number of rotatable bonds is 5. The van der Waals surface area contributed by atoms with E-state index in [1.807, 2.05) is 0 Å². The van der Waals surface area contributed by atoms with Gasteiger partial charge in [-0.15, -0.1) is 0 Å². The molecule has 0 saturated heterocycles. The predicted molar refractivity (Wildman–Crippen MR) is 62.1 cm³/mol. The molecule has 5 nitrogen and oxygen atoms in total. The van der Waals surface area contributed by atoms with Crippen LogP contribution in [0.4, 0.5) is 4.39 Å². The number of aromatic nitrogens is 2. The van der Waals surface area contributed by atoms with Crippen LogP contribution in [0.1, 0.15) is 23.4 Å². The van der Waals surface area contributed by atoms with E-state index < -0.39 is 6.10 Å². The molecule has 6 heteroatoms. The molecule has 1 aromatic heterocycles. The number of benzene rings is 1. The number of aryl methyl sites for hydroxylation is 1. The van der Waals surface area contributed by atoms with Crippen LogP contribution in [0.25, 0.3) is 0 Å². The van der Waals surface area contributed by atoms with Crippen molar-refractivity contribution in [3.8, 4) is 0 Å². The van der Waals surface area contributed by atoms with Gasteiger partial charge in [-0.25, -0.2) is 4.39 Å². The first-order valence-corrected chi connectivity index (χ1v) is 5.58. The van der Waals surface area contributed by atoms with Crippen molar-refractivity contribution >= 4 is 0 Å². The molecule has 0 radical (unpaired) electrons. The van der Waals surface area contributed by atoms with Gasteiger partial charge < -0.3 is 14.9 Å². The summed E-state index contributed by atoms with van der Waals surface area (Å²) in [6, 6.07) is 5.89. The van der Waals surface area contributed by atoms with Crippen LogP contribution in [0.15, 0.2) is 28.8 Å². The van der Waals surface area contributed by atoms with E-state index in [4.69, 9.17) is 4.52 Å². The number of halogens is 1. The third-order valence-corrected chi connectivity index (χ3v) is 2.42. The number of hydrogen-bond donors (Lipinski definition) is 2. The van der Waals surface area contributed by atoms with Crippen molar-refractivity contribution in [2.24, 2.45) is 0 Å². The van der Waals surface area contributed by atoms with Crippen LogP contribution < -0.4 is 5.32 Å². The zero-order valence-electron chi connectivity index (χ0n) is 9.93. The monoisotopic (exact) mass is 251 g/mol. The summed E-state index contributed by atoms with van der Waals surface area (Å²) in [5.74, 6) is 0.664. The maximum atomic E-state index is 13.0. The van der Waals surface area contributed by atoms with E-state index in [0.717, 1.165) is 0 Å². The Morgan fingerprint density at radius 1 is 1.50 bits per heavy atom. The van der Waals surface area contributed by atoms with Crippen LogP contribution in [-0.4, -0.2) is 21.8 Å². The lowest BCUT2D eigenvalue weighted by molar-refractivity contribution is 0.173. The molecule has 0 bridgehead atoms. The van der Waals surface area contributed by atoms with Gasteiger partial charge in [0.25, 0.3) is 0 Å². The summed E-state index contributed by atoms with van der Waals surface area (Å²) in [6.45, 7) is 2.39. The molecule has 2 aromatic rings. The Morgan fingerprint density at radius 2 is 2.33 bits per heavy atom. The van der Waals surface area contributed by atoms with Crippen molar-refractivity contribution in [2.45, 2.75) is 19.6 Å². The molecule has 2 rings (SSSR count). The minimum absolute atomic E-state index is 0.289. The lowest BCUT2D eigenvalue weighted by Crippen LogP contribution is -2.21. The fourth-order valence-corrected chi connectivity index (χ4v) is 1.57. The molecule has 0 aliphatic rings. The Hall–Kier alpha value is -1.79. The second-order valence-electron chi connectivity index (χ2n) is 3.93. The normalized spacial score (nSPS) is 12.6. The fourth-order valence-electron chi connectivity index (χ4n) is 1.57. The first-order chi connectivity index (χ1) is 8.65. The van der Waals surface area contributed by atoms with E-state index in [2.05, 4.69) is 15.5 Å². The van der Waals surface area contributed by atoms with Gasteiger partial charge in [0.05, 0.1) is 12.6 Å². The summed E-state index contributed by atoms with van der Waals surface area (Å²) >= 11 is 0. The standard InChI is InChI=1S/C12H14FN3O2/c1-8-15-12(16-18-8)7-14-6-11(17)9-3-2-4-10(13)5-9/h2-5,11,14,17H,6-7H2,1H3. The quantitative estimate of drug-likeness (QED) is 0.839. The van der Waals surface area contributed by atoms with E-state index in [0.29, 0.717) is 23.8 Å². The van der Waals surface area contributed by atoms with E-state index in [9.17, 15) is 9.50 Å². The summed E-state index contributed by atoms with van der Waals surface area (Å²) in [5.41, 5.74) is 0.534. The van der Waals surface area contributed by atoms with Crippen molar-refractivity contribution in [2.75, 3.05) is 6.54 Å². The average molecular weight is 251 g/mol. The smallest absolute Gasteiger partial charge is 0.223 e. The maximum absolute atomic E-state index is 13.0. The Bertz CT molecular complexity index is 516. The molecule has 0 aliphatic carbocycles. The van der Waals surface area contributed by atoms with Crippen LogP contribution in [-0.2, 0) is 6.54 Å². The largest absolute Gasteiger partial charge is 0.387 e. The molecule has 18 heavy (non-hydrogen) atoms. The SMILES string of the molecule is Cc1nc(CNCC(O)c2cccc(F)c2)no1. The van der Waals surface area contributed by atoms with Gasteiger partial charge in [-0.3, -0.25) is 0 Å². The molecule has 0 amide bonds. The van der Waals surface area contributed by atoms with Crippen molar-refractivity contribution in [1.29, 1.82) is 0 Å². The average Bonchev–Trinajstić information content (AvgIpc) is 2.75. The topological polar surface area (TPSA) is 71.2 Å². The van der Waals surface area contributed by atoms with Crippen LogP contribution in [0.5, 0.6) is 0 Å². The highest BCUT2D eigenvalue weighted by molar-refractivity contribution is 5.18. The Balaban J connectivity index is 1.83. The minimum atomic E-state index is -0.770. The van der Waals surface area contributed by atoms with Gasteiger partial charge in [0.2, 0.25) is 5.89 Å². The highest BCUT2D eigenvalue weighted by Gasteiger charge is 2.08. The second kappa shape index (κ2) is 5.70. The maximum Gasteiger partial charge on any atom is 0.223 e. The van der Waals surface area contributed by atoms with E-state index in [-0.39, 0.29) is 12.4 Å². The minimum Gasteiger partial charge on any atom is -0.387 e. The van der Waals surface area contributed by atoms with Crippen LogP contribution >= 0.6 is 0 Å². The van der Waals surface area contributed by atoms with Gasteiger partial charge in [-0.1, -0.05) is 17.3 Å².